The normalized spacial score (nSPS) is 43.9. The molecule has 1 aliphatic carbocycles. The Hall–Kier alpha value is -0.0800. The molecular weight excluding hydrogens is 172 g/mol. The molecule has 1 saturated carbocycles. The van der Waals surface area contributed by atoms with E-state index in [0.29, 0.717) is 0 Å². The lowest BCUT2D eigenvalue weighted by molar-refractivity contribution is 0.112. The van der Waals surface area contributed by atoms with Gasteiger partial charge in [-0.05, 0) is 25.2 Å². The standard InChI is InChI=1S/C12H24N2/c1-4-10-8-14(12-6-9(12)3)11(5-2)7-13-10/h9-13H,4-8H2,1-3H3. The molecular formula is C12H24N2. The highest BCUT2D eigenvalue weighted by Crippen LogP contribution is 2.37. The van der Waals surface area contributed by atoms with E-state index in [1.807, 2.05) is 0 Å². The SMILES string of the molecule is CCC1CN(C2CC2C)C(CC)CN1. The smallest absolute Gasteiger partial charge is 0.0221 e. The van der Waals surface area contributed by atoms with E-state index in [9.17, 15) is 0 Å². The average Bonchev–Trinajstić information content (AvgIpc) is 2.94. The van der Waals surface area contributed by atoms with E-state index < -0.39 is 0 Å². The zero-order valence-corrected chi connectivity index (χ0v) is 9.79. The molecule has 1 saturated heterocycles. The third kappa shape index (κ3) is 1.96. The van der Waals surface area contributed by atoms with Crippen molar-refractivity contribution in [1.82, 2.24) is 10.2 Å². The topological polar surface area (TPSA) is 15.3 Å². The third-order valence-electron chi connectivity index (χ3n) is 4.00. The molecule has 82 valence electrons. The quantitative estimate of drug-likeness (QED) is 0.741. The summed E-state index contributed by atoms with van der Waals surface area (Å²) in [5, 5.41) is 3.66. The van der Waals surface area contributed by atoms with Crippen molar-refractivity contribution in [3.05, 3.63) is 0 Å². The number of rotatable bonds is 3. The Morgan fingerprint density at radius 1 is 1.29 bits per heavy atom. The molecule has 0 aromatic carbocycles. The summed E-state index contributed by atoms with van der Waals surface area (Å²) < 4.78 is 0. The van der Waals surface area contributed by atoms with Crippen LogP contribution in [0.4, 0.5) is 0 Å². The number of hydrogen-bond donors (Lipinski definition) is 1. The van der Waals surface area contributed by atoms with E-state index in [1.165, 1.54) is 32.4 Å². The molecule has 14 heavy (non-hydrogen) atoms. The van der Waals surface area contributed by atoms with Crippen molar-refractivity contribution in [3.63, 3.8) is 0 Å². The molecule has 1 aliphatic heterocycles. The van der Waals surface area contributed by atoms with Gasteiger partial charge < -0.3 is 5.32 Å². The molecule has 0 spiro atoms. The Kier molecular flexibility index (Phi) is 3.13. The van der Waals surface area contributed by atoms with E-state index >= 15 is 0 Å². The van der Waals surface area contributed by atoms with Gasteiger partial charge in [-0.25, -0.2) is 0 Å². The molecule has 4 unspecified atom stereocenters. The second kappa shape index (κ2) is 4.19. The first kappa shape index (κ1) is 10.4. The summed E-state index contributed by atoms with van der Waals surface area (Å²) in [7, 11) is 0. The molecule has 0 aromatic rings. The van der Waals surface area contributed by atoms with Crippen LogP contribution in [0, 0.1) is 5.92 Å². The van der Waals surface area contributed by atoms with Crippen LogP contribution in [0.25, 0.3) is 0 Å². The van der Waals surface area contributed by atoms with Gasteiger partial charge in [-0.15, -0.1) is 0 Å². The van der Waals surface area contributed by atoms with Crippen molar-refractivity contribution in [1.29, 1.82) is 0 Å². The fourth-order valence-corrected chi connectivity index (χ4v) is 2.71. The fraction of sp³-hybridized carbons (Fsp3) is 1.00. The Labute approximate surface area is 88.1 Å². The first-order chi connectivity index (χ1) is 6.76. The summed E-state index contributed by atoms with van der Waals surface area (Å²) in [5.74, 6) is 0.958. The molecule has 2 heteroatoms. The van der Waals surface area contributed by atoms with Gasteiger partial charge in [0, 0.05) is 31.2 Å². The van der Waals surface area contributed by atoms with Gasteiger partial charge in [0.2, 0.25) is 0 Å². The monoisotopic (exact) mass is 196 g/mol. The largest absolute Gasteiger partial charge is 0.311 e. The summed E-state index contributed by atoms with van der Waals surface area (Å²) in [6, 6.07) is 2.45. The van der Waals surface area contributed by atoms with Crippen molar-refractivity contribution >= 4 is 0 Å². The number of nitrogens with one attached hydrogen (secondary N) is 1. The summed E-state index contributed by atoms with van der Waals surface area (Å²) in [6.45, 7) is 9.49. The minimum atomic E-state index is 0.741. The van der Waals surface area contributed by atoms with Gasteiger partial charge in [0.05, 0.1) is 0 Å². The van der Waals surface area contributed by atoms with E-state index in [4.69, 9.17) is 0 Å². The van der Waals surface area contributed by atoms with Crippen LogP contribution in [0.15, 0.2) is 0 Å². The first-order valence-electron chi connectivity index (χ1n) is 6.25. The Morgan fingerprint density at radius 3 is 2.50 bits per heavy atom. The van der Waals surface area contributed by atoms with Gasteiger partial charge in [0.1, 0.15) is 0 Å². The van der Waals surface area contributed by atoms with Gasteiger partial charge in [-0.3, -0.25) is 4.90 Å². The number of hydrogen-bond acceptors (Lipinski definition) is 2. The first-order valence-corrected chi connectivity index (χ1v) is 6.25. The number of nitrogens with zero attached hydrogens (tertiary/aromatic N) is 1. The second-order valence-electron chi connectivity index (χ2n) is 5.05. The molecule has 1 heterocycles. The molecule has 4 atom stereocenters. The highest BCUT2D eigenvalue weighted by Gasteiger charge is 2.42. The van der Waals surface area contributed by atoms with Gasteiger partial charge >= 0.3 is 0 Å². The molecule has 2 nitrogen and oxygen atoms in total. The van der Waals surface area contributed by atoms with Crippen molar-refractivity contribution in [2.45, 2.75) is 58.2 Å². The van der Waals surface area contributed by atoms with E-state index in [-0.39, 0.29) is 0 Å². The molecule has 0 amide bonds. The minimum absolute atomic E-state index is 0.741. The molecule has 0 radical (unpaired) electrons. The molecule has 0 bridgehead atoms. The van der Waals surface area contributed by atoms with Crippen LogP contribution in [0.5, 0.6) is 0 Å². The highest BCUT2D eigenvalue weighted by molar-refractivity contribution is 4.98. The van der Waals surface area contributed by atoms with Crippen molar-refractivity contribution < 1.29 is 0 Å². The van der Waals surface area contributed by atoms with Gasteiger partial charge in [0.25, 0.3) is 0 Å². The second-order valence-corrected chi connectivity index (χ2v) is 5.05. The summed E-state index contributed by atoms with van der Waals surface area (Å²) in [6.07, 6.45) is 4.01. The van der Waals surface area contributed by atoms with Crippen LogP contribution >= 0.6 is 0 Å². The lowest BCUT2D eigenvalue weighted by Gasteiger charge is -2.40. The zero-order chi connectivity index (χ0) is 10.1. The fourth-order valence-electron chi connectivity index (χ4n) is 2.71. The van der Waals surface area contributed by atoms with Gasteiger partial charge in [0.15, 0.2) is 0 Å². The summed E-state index contributed by atoms with van der Waals surface area (Å²) >= 11 is 0. The molecule has 2 aliphatic rings. The Bertz CT molecular complexity index is 193. The van der Waals surface area contributed by atoms with E-state index in [0.717, 1.165) is 24.0 Å². The van der Waals surface area contributed by atoms with Crippen molar-refractivity contribution in [2.75, 3.05) is 13.1 Å². The zero-order valence-electron chi connectivity index (χ0n) is 9.79. The maximum atomic E-state index is 3.66. The van der Waals surface area contributed by atoms with Crippen LogP contribution < -0.4 is 5.32 Å². The highest BCUT2D eigenvalue weighted by atomic mass is 15.3. The number of piperazine rings is 1. The Balaban J connectivity index is 1.94. The average molecular weight is 196 g/mol. The van der Waals surface area contributed by atoms with Crippen LogP contribution in [0.3, 0.4) is 0 Å². The lowest BCUT2D eigenvalue weighted by Crippen LogP contribution is -2.57. The Morgan fingerprint density at radius 2 is 2.00 bits per heavy atom. The van der Waals surface area contributed by atoms with Crippen molar-refractivity contribution in [2.24, 2.45) is 5.92 Å². The van der Waals surface area contributed by atoms with Crippen molar-refractivity contribution in [3.8, 4) is 0 Å². The molecule has 1 N–H and O–H groups in total. The molecule has 2 rings (SSSR count). The summed E-state index contributed by atoms with van der Waals surface area (Å²) in [5.41, 5.74) is 0. The van der Waals surface area contributed by atoms with Crippen LogP contribution in [-0.2, 0) is 0 Å². The van der Waals surface area contributed by atoms with Gasteiger partial charge in [-0.1, -0.05) is 20.8 Å². The summed E-state index contributed by atoms with van der Waals surface area (Å²) in [4.78, 5) is 2.77. The van der Waals surface area contributed by atoms with Crippen LogP contribution in [-0.4, -0.2) is 36.1 Å². The minimum Gasteiger partial charge on any atom is -0.311 e. The lowest BCUT2D eigenvalue weighted by atomic mass is 10.0. The van der Waals surface area contributed by atoms with Crippen LogP contribution in [0.2, 0.25) is 0 Å². The maximum Gasteiger partial charge on any atom is 0.0221 e. The molecule has 0 aromatic heterocycles. The van der Waals surface area contributed by atoms with E-state index in [2.05, 4.69) is 31.0 Å². The predicted molar refractivity (Wildman–Crippen MR) is 60.4 cm³/mol. The van der Waals surface area contributed by atoms with Crippen LogP contribution in [0.1, 0.15) is 40.0 Å². The molecule has 2 fully saturated rings. The van der Waals surface area contributed by atoms with E-state index in [1.54, 1.807) is 0 Å². The maximum absolute atomic E-state index is 3.66. The predicted octanol–water partition coefficient (Wildman–Crippen LogP) is 1.86. The van der Waals surface area contributed by atoms with Gasteiger partial charge in [-0.2, -0.15) is 0 Å². The third-order valence-corrected chi connectivity index (χ3v) is 4.00.